The topological polar surface area (TPSA) is 58.6 Å². The minimum absolute atomic E-state index is 0.129. The minimum Gasteiger partial charge on any atom is -0.508 e. The van der Waals surface area contributed by atoms with Gasteiger partial charge in [-0.15, -0.1) is 0 Å². The highest BCUT2D eigenvalue weighted by atomic mass is 19.1. The van der Waals surface area contributed by atoms with Gasteiger partial charge < -0.3 is 15.2 Å². The number of para-hydroxylation sites is 1. The van der Waals surface area contributed by atoms with Crippen LogP contribution in [0.1, 0.15) is 15.9 Å². The highest BCUT2D eigenvalue weighted by Gasteiger charge is 2.10. The number of esters is 1. The fourth-order valence-corrected chi connectivity index (χ4v) is 1.76. The number of carbonyl (C=O) groups is 1. The maximum Gasteiger partial charge on any atom is 0.337 e. The lowest BCUT2D eigenvalue weighted by Crippen LogP contribution is -2.06. The maximum absolute atomic E-state index is 13.7. The fraction of sp³-hybridized carbons (Fsp3) is 0.133. The molecule has 0 fully saturated rings. The van der Waals surface area contributed by atoms with Gasteiger partial charge in [0.15, 0.2) is 0 Å². The summed E-state index contributed by atoms with van der Waals surface area (Å²) in [7, 11) is 1.26. The predicted molar refractivity (Wildman–Crippen MR) is 73.2 cm³/mol. The van der Waals surface area contributed by atoms with E-state index in [-0.39, 0.29) is 23.5 Å². The SMILES string of the molecule is COC(=O)c1ccc(F)c(NCc2ccccc2O)c1. The molecule has 0 amide bonds. The number of benzene rings is 2. The summed E-state index contributed by atoms with van der Waals surface area (Å²) in [5, 5.41) is 12.5. The molecule has 0 aromatic heterocycles. The molecule has 5 heteroatoms. The van der Waals surface area contributed by atoms with Gasteiger partial charge in [-0.3, -0.25) is 0 Å². The van der Waals surface area contributed by atoms with Crippen LogP contribution in [0.25, 0.3) is 0 Å². The summed E-state index contributed by atoms with van der Waals surface area (Å²) in [6.07, 6.45) is 0. The molecule has 0 bridgehead atoms. The lowest BCUT2D eigenvalue weighted by atomic mass is 10.1. The van der Waals surface area contributed by atoms with Gasteiger partial charge in [0.05, 0.1) is 18.4 Å². The van der Waals surface area contributed by atoms with Gasteiger partial charge in [0.1, 0.15) is 11.6 Å². The van der Waals surface area contributed by atoms with Crippen LogP contribution >= 0.6 is 0 Å². The van der Waals surface area contributed by atoms with Gasteiger partial charge in [-0.2, -0.15) is 0 Å². The first-order valence-corrected chi connectivity index (χ1v) is 6.00. The molecule has 2 rings (SSSR count). The average molecular weight is 275 g/mol. The van der Waals surface area contributed by atoms with Crippen molar-refractivity contribution in [3.8, 4) is 5.75 Å². The van der Waals surface area contributed by atoms with Crippen LogP contribution in [-0.4, -0.2) is 18.2 Å². The Balaban J connectivity index is 2.17. The molecule has 0 saturated heterocycles. The molecular formula is C15H14FNO3. The van der Waals surface area contributed by atoms with E-state index in [9.17, 15) is 14.3 Å². The predicted octanol–water partition coefficient (Wildman–Crippen LogP) is 2.93. The Morgan fingerprint density at radius 2 is 2.05 bits per heavy atom. The summed E-state index contributed by atoms with van der Waals surface area (Å²) < 4.78 is 18.2. The number of phenols is 1. The zero-order valence-electron chi connectivity index (χ0n) is 10.9. The van der Waals surface area contributed by atoms with Gasteiger partial charge >= 0.3 is 5.97 Å². The van der Waals surface area contributed by atoms with E-state index in [4.69, 9.17) is 0 Å². The normalized spacial score (nSPS) is 10.1. The van der Waals surface area contributed by atoms with E-state index in [0.29, 0.717) is 5.56 Å². The van der Waals surface area contributed by atoms with Crippen molar-refractivity contribution in [3.05, 3.63) is 59.4 Å². The number of aromatic hydroxyl groups is 1. The first kappa shape index (κ1) is 13.9. The summed E-state index contributed by atoms with van der Waals surface area (Å²) in [5.41, 5.74) is 1.07. The van der Waals surface area contributed by atoms with Gasteiger partial charge in [-0.05, 0) is 24.3 Å². The molecule has 0 heterocycles. The highest BCUT2D eigenvalue weighted by Crippen LogP contribution is 2.20. The van der Waals surface area contributed by atoms with Crippen molar-refractivity contribution in [3.63, 3.8) is 0 Å². The van der Waals surface area contributed by atoms with Crippen molar-refractivity contribution >= 4 is 11.7 Å². The van der Waals surface area contributed by atoms with E-state index in [2.05, 4.69) is 10.1 Å². The molecule has 4 nitrogen and oxygen atoms in total. The van der Waals surface area contributed by atoms with Crippen LogP contribution < -0.4 is 5.32 Å². The van der Waals surface area contributed by atoms with Crippen molar-refractivity contribution in [2.24, 2.45) is 0 Å². The van der Waals surface area contributed by atoms with E-state index < -0.39 is 11.8 Å². The number of ether oxygens (including phenoxy) is 1. The van der Waals surface area contributed by atoms with Gasteiger partial charge in [-0.25, -0.2) is 9.18 Å². The van der Waals surface area contributed by atoms with E-state index >= 15 is 0 Å². The standard InChI is InChI=1S/C15H14FNO3/c1-20-15(19)10-6-7-12(16)13(8-10)17-9-11-4-2-3-5-14(11)18/h2-8,17-18H,9H2,1H3. The number of phenolic OH excluding ortho intramolecular Hbond substituents is 1. The quantitative estimate of drug-likeness (QED) is 0.842. The Kier molecular flexibility index (Phi) is 4.20. The molecule has 0 atom stereocenters. The van der Waals surface area contributed by atoms with Gasteiger partial charge in [-0.1, -0.05) is 18.2 Å². The monoisotopic (exact) mass is 275 g/mol. The number of carbonyl (C=O) groups excluding carboxylic acids is 1. The van der Waals surface area contributed by atoms with Crippen LogP contribution in [0, 0.1) is 5.82 Å². The smallest absolute Gasteiger partial charge is 0.337 e. The van der Waals surface area contributed by atoms with E-state index in [0.717, 1.165) is 0 Å². The number of hydrogen-bond acceptors (Lipinski definition) is 4. The lowest BCUT2D eigenvalue weighted by molar-refractivity contribution is 0.0600. The summed E-state index contributed by atoms with van der Waals surface area (Å²) in [5.74, 6) is -0.881. The maximum atomic E-state index is 13.7. The molecule has 2 N–H and O–H groups in total. The number of methoxy groups -OCH3 is 1. The Hall–Kier alpha value is -2.56. The van der Waals surface area contributed by atoms with Crippen molar-refractivity contribution in [1.82, 2.24) is 0 Å². The number of rotatable bonds is 4. The fourth-order valence-electron chi connectivity index (χ4n) is 1.76. The second kappa shape index (κ2) is 6.06. The van der Waals surface area contributed by atoms with Crippen LogP contribution in [0.5, 0.6) is 5.75 Å². The molecule has 0 unspecified atom stereocenters. The summed E-state index contributed by atoms with van der Waals surface area (Å²) in [6.45, 7) is 0.244. The zero-order valence-corrected chi connectivity index (χ0v) is 10.9. The van der Waals surface area contributed by atoms with Crippen LogP contribution in [-0.2, 0) is 11.3 Å². The molecular weight excluding hydrogens is 261 g/mol. The van der Waals surface area contributed by atoms with Gasteiger partial charge in [0.25, 0.3) is 0 Å². The molecule has 0 radical (unpaired) electrons. The third kappa shape index (κ3) is 3.06. The summed E-state index contributed by atoms with van der Waals surface area (Å²) in [6, 6.07) is 10.7. The molecule has 0 aliphatic rings. The molecule has 0 saturated carbocycles. The highest BCUT2D eigenvalue weighted by molar-refractivity contribution is 5.90. The summed E-state index contributed by atoms with van der Waals surface area (Å²) >= 11 is 0. The third-order valence-electron chi connectivity index (χ3n) is 2.85. The first-order chi connectivity index (χ1) is 9.61. The third-order valence-corrected chi connectivity index (χ3v) is 2.85. The number of anilines is 1. The van der Waals surface area contributed by atoms with Gasteiger partial charge in [0, 0.05) is 12.1 Å². The van der Waals surface area contributed by atoms with Crippen LogP contribution in [0.2, 0.25) is 0 Å². The number of nitrogens with one attached hydrogen (secondary N) is 1. The van der Waals surface area contributed by atoms with Crippen LogP contribution in [0.3, 0.4) is 0 Å². The second-order valence-corrected chi connectivity index (χ2v) is 4.17. The Labute approximate surface area is 115 Å². The van der Waals surface area contributed by atoms with Crippen molar-refractivity contribution in [2.75, 3.05) is 12.4 Å². The molecule has 2 aromatic rings. The Morgan fingerprint density at radius 3 is 2.75 bits per heavy atom. The molecule has 104 valence electrons. The Morgan fingerprint density at radius 1 is 1.30 bits per heavy atom. The molecule has 0 spiro atoms. The molecule has 20 heavy (non-hydrogen) atoms. The van der Waals surface area contributed by atoms with Crippen LogP contribution in [0.15, 0.2) is 42.5 Å². The van der Waals surface area contributed by atoms with E-state index in [1.165, 1.54) is 25.3 Å². The largest absolute Gasteiger partial charge is 0.508 e. The minimum atomic E-state index is -0.532. The molecule has 2 aromatic carbocycles. The van der Waals surface area contributed by atoms with E-state index in [1.807, 2.05) is 0 Å². The molecule has 0 aliphatic carbocycles. The number of halogens is 1. The van der Waals surface area contributed by atoms with Crippen molar-refractivity contribution in [1.29, 1.82) is 0 Å². The second-order valence-electron chi connectivity index (χ2n) is 4.17. The lowest BCUT2D eigenvalue weighted by Gasteiger charge is -2.10. The van der Waals surface area contributed by atoms with Crippen molar-refractivity contribution < 1.29 is 19.0 Å². The zero-order chi connectivity index (χ0) is 14.5. The first-order valence-electron chi connectivity index (χ1n) is 6.00. The summed E-state index contributed by atoms with van der Waals surface area (Å²) in [4.78, 5) is 11.4. The number of hydrogen-bond donors (Lipinski definition) is 2. The molecule has 0 aliphatic heterocycles. The van der Waals surface area contributed by atoms with Gasteiger partial charge in [0.2, 0.25) is 0 Å². The Bertz CT molecular complexity index is 628. The van der Waals surface area contributed by atoms with E-state index in [1.54, 1.807) is 24.3 Å². The van der Waals surface area contributed by atoms with Crippen LogP contribution in [0.4, 0.5) is 10.1 Å². The average Bonchev–Trinajstić information content (AvgIpc) is 2.47. The van der Waals surface area contributed by atoms with Crippen molar-refractivity contribution in [2.45, 2.75) is 6.54 Å².